The summed E-state index contributed by atoms with van der Waals surface area (Å²) in [5.74, 6) is 0. The van der Waals surface area contributed by atoms with Gasteiger partial charge in [0, 0.05) is 44.5 Å². The van der Waals surface area contributed by atoms with E-state index >= 15 is 0 Å². The van der Waals surface area contributed by atoms with Gasteiger partial charge < -0.3 is 9.72 Å². The minimum atomic E-state index is 0.939. The maximum atomic E-state index is 5.04. The molecule has 3 aromatic rings. The lowest BCUT2D eigenvalue weighted by atomic mass is 10.0. The summed E-state index contributed by atoms with van der Waals surface area (Å²) in [6.45, 7) is 11.7. The van der Waals surface area contributed by atoms with Gasteiger partial charge in [0.1, 0.15) is 5.65 Å². The average Bonchev–Trinajstić information content (AvgIpc) is 2.98. The Kier molecular flexibility index (Phi) is 4.32. The minimum absolute atomic E-state index is 0.939. The van der Waals surface area contributed by atoms with Gasteiger partial charge >= 0.3 is 0 Å². The molecule has 130 valence electrons. The highest BCUT2D eigenvalue weighted by Crippen LogP contribution is 2.28. The lowest BCUT2D eigenvalue weighted by Crippen LogP contribution is -2.43. The van der Waals surface area contributed by atoms with Crippen molar-refractivity contribution in [3.63, 3.8) is 0 Å². The van der Waals surface area contributed by atoms with E-state index in [4.69, 9.17) is 4.98 Å². The van der Waals surface area contributed by atoms with E-state index in [0.29, 0.717) is 0 Å². The Morgan fingerprint density at radius 3 is 2.56 bits per heavy atom. The molecule has 0 radical (unpaired) electrons. The average molecular weight is 334 g/mol. The predicted octanol–water partition coefficient (Wildman–Crippen LogP) is 3.33. The number of aromatic nitrogens is 2. The molecular formula is C21H26N4. The van der Waals surface area contributed by atoms with E-state index in [1.165, 1.54) is 27.9 Å². The van der Waals surface area contributed by atoms with Crippen LogP contribution in [0.5, 0.6) is 0 Å². The summed E-state index contributed by atoms with van der Waals surface area (Å²) in [7, 11) is 0. The molecule has 1 aliphatic heterocycles. The number of fused-ring (bicyclic) bond motifs is 1. The normalized spacial score (nSPS) is 15.8. The summed E-state index contributed by atoms with van der Waals surface area (Å²) < 4.78 is 2.28. The summed E-state index contributed by atoms with van der Waals surface area (Å²) in [5, 5.41) is 3.44. The molecule has 1 aliphatic rings. The first-order chi connectivity index (χ1) is 12.1. The molecule has 0 aliphatic carbocycles. The van der Waals surface area contributed by atoms with E-state index < -0.39 is 0 Å². The molecule has 0 saturated carbocycles. The van der Waals surface area contributed by atoms with Gasteiger partial charge in [-0.15, -0.1) is 0 Å². The highest BCUT2D eigenvalue weighted by molar-refractivity contribution is 5.69. The van der Waals surface area contributed by atoms with Gasteiger partial charge in [-0.25, -0.2) is 4.98 Å². The topological polar surface area (TPSA) is 32.6 Å². The lowest BCUT2D eigenvalue weighted by molar-refractivity contribution is 0.230. The van der Waals surface area contributed by atoms with Crippen molar-refractivity contribution in [1.29, 1.82) is 0 Å². The Hall–Kier alpha value is -2.17. The molecule has 0 atom stereocenters. The number of aryl methyl sites for hydroxylation is 3. The summed E-state index contributed by atoms with van der Waals surface area (Å²) in [6.07, 6.45) is 2.15. The summed E-state index contributed by atoms with van der Waals surface area (Å²) in [4.78, 5) is 7.56. The Morgan fingerprint density at radius 1 is 1.00 bits per heavy atom. The van der Waals surface area contributed by atoms with Crippen LogP contribution in [0.25, 0.3) is 16.9 Å². The third-order valence-corrected chi connectivity index (χ3v) is 5.31. The Labute approximate surface area is 149 Å². The number of nitrogens with one attached hydrogen (secondary N) is 1. The number of imidazole rings is 1. The van der Waals surface area contributed by atoms with Crippen molar-refractivity contribution >= 4 is 5.65 Å². The van der Waals surface area contributed by atoms with Crippen molar-refractivity contribution in [3.8, 4) is 11.3 Å². The summed E-state index contributed by atoms with van der Waals surface area (Å²) >= 11 is 0. The fraction of sp³-hybridized carbons (Fsp3) is 0.381. The van der Waals surface area contributed by atoms with Crippen LogP contribution in [0.2, 0.25) is 0 Å². The van der Waals surface area contributed by atoms with Crippen molar-refractivity contribution in [3.05, 3.63) is 58.9 Å². The molecule has 4 heteroatoms. The fourth-order valence-corrected chi connectivity index (χ4v) is 3.60. The third kappa shape index (κ3) is 3.08. The molecule has 25 heavy (non-hydrogen) atoms. The smallest absolute Gasteiger partial charge is 0.140 e. The van der Waals surface area contributed by atoms with E-state index in [0.717, 1.165) is 44.1 Å². The zero-order chi connectivity index (χ0) is 17.4. The monoisotopic (exact) mass is 334 g/mol. The number of nitrogens with zero attached hydrogens (tertiary/aromatic N) is 3. The van der Waals surface area contributed by atoms with Crippen LogP contribution in [0.3, 0.4) is 0 Å². The molecule has 0 spiro atoms. The van der Waals surface area contributed by atoms with Gasteiger partial charge in [-0.3, -0.25) is 4.90 Å². The first kappa shape index (κ1) is 16.3. The second kappa shape index (κ2) is 6.62. The summed E-state index contributed by atoms with van der Waals surface area (Å²) in [5.41, 5.74) is 8.57. The second-order valence-electron chi connectivity index (χ2n) is 7.12. The van der Waals surface area contributed by atoms with Crippen molar-refractivity contribution in [2.45, 2.75) is 27.3 Å². The minimum Gasteiger partial charge on any atom is -0.314 e. The standard InChI is InChI=1S/C21H26N4/c1-15-6-7-18(13-17(15)3)20-19(14-24-11-8-22-9-12-24)25-10-4-5-16(2)21(25)23-20/h4-7,10,13,22H,8-9,11-12,14H2,1-3H3. The number of rotatable bonds is 3. The molecule has 3 heterocycles. The Bertz CT molecular complexity index is 904. The molecule has 4 rings (SSSR count). The van der Waals surface area contributed by atoms with E-state index in [-0.39, 0.29) is 0 Å². The number of pyridine rings is 1. The molecule has 2 aromatic heterocycles. The van der Waals surface area contributed by atoms with Crippen LogP contribution in [-0.2, 0) is 6.54 Å². The fourth-order valence-electron chi connectivity index (χ4n) is 3.60. The Morgan fingerprint density at radius 2 is 1.80 bits per heavy atom. The molecule has 0 bridgehead atoms. The van der Waals surface area contributed by atoms with Gasteiger partial charge in [0.25, 0.3) is 0 Å². The van der Waals surface area contributed by atoms with Crippen LogP contribution in [0.15, 0.2) is 36.5 Å². The quantitative estimate of drug-likeness (QED) is 0.797. The molecule has 0 unspecified atom stereocenters. The van der Waals surface area contributed by atoms with Crippen LogP contribution in [0.1, 0.15) is 22.4 Å². The van der Waals surface area contributed by atoms with Crippen molar-refractivity contribution in [2.75, 3.05) is 26.2 Å². The van der Waals surface area contributed by atoms with Gasteiger partial charge in [0.15, 0.2) is 0 Å². The van der Waals surface area contributed by atoms with Gasteiger partial charge in [-0.05, 0) is 49.6 Å². The number of hydrogen-bond donors (Lipinski definition) is 1. The van der Waals surface area contributed by atoms with E-state index in [2.05, 4.69) is 71.9 Å². The third-order valence-electron chi connectivity index (χ3n) is 5.31. The van der Waals surface area contributed by atoms with Crippen molar-refractivity contribution < 1.29 is 0 Å². The number of piperazine rings is 1. The van der Waals surface area contributed by atoms with Crippen LogP contribution >= 0.6 is 0 Å². The van der Waals surface area contributed by atoms with Crippen LogP contribution in [0, 0.1) is 20.8 Å². The van der Waals surface area contributed by atoms with E-state index in [1.54, 1.807) is 0 Å². The first-order valence-electron chi connectivity index (χ1n) is 9.11. The largest absolute Gasteiger partial charge is 0.314 e. The van der Waals surface area contributed by atoms with Gasteiger partial charge in [-0.1, -0.05) is 18.2 Å². The SMILES string of the molecule is Cc1ccc(-c2nc3c(C)cccn3c2CN2CCNCC2)cc1C. The number of hydrogen-bond acceptors (Lipinski definition) is 3. The van der Waals surface area contributed by atoms with Gasteiger partial charge in [0.05, 0.1) is 11.4 Å². The molecule has 1 aromatic carbocycles. The molecule has 1 N–H and O–H groups in total. The van der Waals surface area contributed by atoms with Crippen LogP contribution < -0.4 is 5.32 Å². The van der Waals surface area contributed by atoms with Gasteiger partial charge in [0.2, 0.25) is 0 Å². The molecular weight excluding hydrogens is 308 g/mol. The summed E-state index contributed by atoms with van der Waals surface area (Å²) in [6, 6.07) is 10.9. The first-order valence-corrected chi connectivity index (χ1v) is 9.11. The van der Waals surface area contributed by atoms with E-state index in [1.807, 2.05) is 0 Å². The predicted molar refractivity (Wildman–Crippen MR) is 103 cm³/mol. The van der Waals surface area contributed by atoms with E-state index in [9.17, 15) is 0 Å². The maximum Gasteiger partial charge on any atom is 0.140 e. The van der Waals surface area contributed by atoms with Gasteiger partial charge in [-0.2, -0.15) is 0 Å². The zero-order valence-corrected chi connectivity index (χ0v) is 15.3. The lowest BCUT2D eigenvalue weighted by Gasteiger charge is -2.27. The molecule has 1 saturated heterocycles. The molecule has 4 nitrogen and oxygen atoms in total. The molecule has 0 amide bonds. The van der Waals surface area contributed by atoms with Crippen molar-refractivity contribution in [1.82, 2.24) is 19.6 Å². The van der Waals surface area contributed by atoms with Crippen molar-refractivity contribution in [2.24, 2.45) is 0 Å². The van der Waals surface area contributed by atoms with Crippen LogP contribution in [0.4, 0.5) is 0 Å². The molecule has 1 fully saturated rings. The zero-order valence-electron chi connectivity index (χ0n) is 15.3. The number of benzene rings is 1. The second-order valence-corrected chi connectivity index (χ2v) is 7.12. The Balaban J connectivity index is 1.85. The highest BCUT2D eigenvalue weighted by atomic mass is 15.2. The maximum absolute atomic E-state index is 5.04. The van der Waals surface area contributed by atoms with Crippen LogP contribution in [-0.4, -0.2) is 40.5 Å². The highest BCUT2D eigenvalue weighted by Gasteiger charge is 2.19.